The number of anilines is 1. The smallest absolute Gasteiger partial charge is 0.228 e. The molecule has 4 N–H and O–H groups in total. The van der Waals surface area contributed by atoms with Gasteiger partial charge in [0.05, 0.1) is 12.5 Å². The van der Waals surface area contributed by atoms with Crippen molar-refractivity contribution < 1.29 is 14.6 Å². The normalized spacial score (nSPS) is 11.4. The first kappa shape index (κ1) is 15.6. The van der Waals surface area contributed by atoms with E-state index in [1.807, 2.05) is 0 Å². The van der Waals surface area contributed by atoms with Gasteiger partial charge in [-0.2, -0.15) is 0 Å². The quantitative estimate of drug-likeness (QED) is 0.718. The van der Waals surface area contributed by atoms with Crippen LogP contribution in [0.2, 0.25) is 0 Å². The number of hydrogen-bond donors (Lipinski definition) is 3. The van der Waals surface area contributed by atoms with Crippen molar-refractivity contribution in [2.24, 2.45) is 5.73 Å². The molecule has 0 spiro atoms. The standard InChI is InChI=1S/C10H15N3O3.ClH/c1-16-7(6-11)5-9(15)13-10-8(14)3-2-4-12-10;/h2-4,7,14H,5-6,11H2,1H3,(H,12,13,15);1H. The topological polar surface area (TPSA) is 97.5 Å². The van der Waals surface area contributed by atoms with Gasteiger partial charge in [-0.15, -0.1) is 12.4 Å². The number of aromatic nitrogens is 1. The van der Waals surface area contributed by atoms with Crippen LogP contribution in [0.1, 0.15) is 6.42 Å². The second-order valence-electron chi connectivity index (χ2n) is 3.22. The van der Waals surface area contributed by atoms with Gasteiger partial charge in [-0.3, -0.25) is 4.79 Å². The molecule has 0 aliphatic carbocycles. The van der Waals surface area contributed by atoms with Crippen LogP contribution >= 0.6 is 12.4 Å². The van der Waals surface area contributed by atoms with Crippen LogP contribution in [-0.2, 0) is 9.53 Å². The van der Waals surface area contributed by atoms with Gasteiger partial charge < -0.3 is 20.9 Å². The Morgan fingerprint density at radius 2 is 2.41 bits per heavy atom. The van der Waals surface area contributed by atoms with Gasteiger partial charge >= 0.3 is 0 Å². The van der Waals surface area contributed by atoms with Gasteiger partial charge in [0.15, 0.2) is 11.6 Å². The Kier molecular flexibility index (Phi) is 7.20. The zero-order valence-corrected chi connectivity index (χ0v) is 10.2. The molecular formula is C10H16ClN3O3. The average Bonchev–Trinajstić information content (AvgIpc) is 2.29. The van der Waals surface area contributed by atoms with Gasteiger partial charge in [0.1, 0.15) is 0 Å². The Hall–Kier alpha value is -1.37. The number of nitrogens with zero attached hydrogens (tertiary/aromatic N) is 1. The molecule has 96 valence electrons. The number of pyridine rings is 1. The summed E-state index contributed by atoms with van der Waals surface area (Å²) in [6, 6.07) is 3.02. The molecule has 1 aromatic rings. The summed E-state index contributed by atoms with van der Waals surface area (Å²) in [7, 11) is 1.49. The number of carbonyl (C=O) groups excluding carboxylic acids is 1. The van der Waals surface area contributed by atoms with Crippen LogP contribution < -0.4 is 11.1 Å². The molecule has 0 saturated heterocycles. The van der Waals surface area contributed by atoms with Crippen molar-refractivity contribution in [3.05, 3.63) is 18.3 Å². The van der Waals surface area contributed by atoms with Gasteiger partial charge in [-0.1, -0.05) is 0 Å². The molecule has 1 rings (SSSR count). The molecule has 6 nitrogen and oxygen atoms in total. The molecule has 1 heterocycles. The molecule has 17 heavy (non-hydrogen) atoms. The van der Waals surface area contributed by atoms with Crippen molar-refractivity contribution in [3.63, 3.8) is 0 Å². The number of methoxy groups -OCH3 is 1. The summed E-state index contributed by atoms with van der Waals surface area (Å²) in [6.07, 6.45) is 1.28. The number of rotatable bonds is 5. The number of amides is 1. The van der Waals surface area contributed by atoms with Crippen LogP contribution in [-0.4, -0.2) is 35.8 Å². The van der Waals surface area contributed by atoms with Gasteiger partial charge in [0.25, 0.3) is 0 Å². The van der Waals surface area contributed by atoms with Crippen LogP contribution in [0.25, 0.3) is 0 Å². The lowest BCUT2D eigenvalue weighted by atomic mass is 10.2. The number of nitrogens with two attached hydrogens (primary N) is 1. The fraction of sp³-hybridized carbons (Fsp3) is 0.400. The van der Waals surface area contributed by atoms with Crippen molar-refractivity contribution in [1.29, 1.82) is 0 Å². The molecule has 0 saturated carbocycles. The Labute approximate surface area is 106 Å². The van der Waals surface area contributed by atoms with Crippen LogP contribution in [0.3, 0.4) is 0 Å². The highest BCUT2D eigenvalue weighted by Crippen LogP contribution is 2.18. The molecule has 1 amide bonds. The lowest BCUT2D eigenvalue weighted by Crippen LogP contribution is -2.28. The molecule has 0 bridgehead atoms. The van der Waals surface area contributed by atoms with Crippen molar-refractivity contribution >= 4 is 24.1 Å². The van der Waals surface area contributed by atoms with Gasteiger partial charge in [-0.05, 0) is 12.1 Å². The number of hydrogen-bond acceptors (Lipinski definition) is 5. The molecule has 0 fully saturated rings. The van der Waals surface area contributed by atoms with E-state index in [0.29, 0.717) is 0 Å². The highest BCUT2D eigenvalue weighted by Gasteiger charge is 2.13. The molecule has 1 aromatic heterocycles. The lowest BCUT2D eigenvalue weighted by molar-refractivity contribution is -0.118. The first-order valence-electron chi connectivity index (χ1n) is 4.84. The lowest BCUT2D eigenvalue weighted by Gasteiger charge is -2.12. The Morgan fingerprint density at radius 3 is 2.94 bits per heavy atom. The van der Waals surface area contributed by atoms with Crippen LogP contribution in [0.4, 0.5) is 5.82 Å². The van der Waals surface area contributed by atoms with Crippen LogP contribution in [0.15, 0.2) is 18.3 Å². The maximum Gasteiger partial charge on any atom is 0.228 e. The Balaban J connectivity index is 0.00000256. The number of halogens is 1. The minimum atomic E-state index is -0.328. The highest BCUT2D eigenvalue weighted by molar-refractivity contribution is 5.91. The van der Waals surface area contributed by atoms with E-state index < -0.39 is 0 Å². The fourth-order valence-corrected chi connectivity index (χ4v) is 1.15. The molecule has 0 aliphatic rings. The average molecular weight is 262 g/mol. The van der Waals surface area contributed by atoms with Gasteiger partial charge in [0.2, 0.25) is 5.91 Å². The highest BCUT2D eigenvalue weighted by atomic mass is 35.5. The predicted molar refractivity (Wildman–Crippen MR) is 66.2 cm³/mol. The van der Waals surface area contributed by atoms with E-state index in [9.17, 15) is 9.90 Å². The summed E-state index contributed by atoms with van der Waals surface area (Å²) >= 11 is 0. The minimum Gasteiger partial charge on any atom is -0.504 e. The van der Waals surface area contributed by atoms with E-state index >= 15 is 0 Å². The zero-order chi connectivity index (χ0) is 12.0. The van der Waals surface area contributed by atoms with E-state index in [1.54, 1.807) is 6.07 Å². The van der Waals surface area contributed by atoms with Crippen molar-refractivity contribution in [2.75, 3.05) is 19.0 Å². The van der Waals surface area contributed by atoms with Crippen LogP contribution in [0.5, 0.6) is 5.75 Å². The Bertz CT molecular complexity index is 358. The molecule has 1 unspecified atom stereocenters. The second kappa shape index (κ2) is 7.83. The molecule has 1 atom stereocenters. The summed E-state index contributed by atoms with van der Waals surface area (Å²) < 4.78 is 4.97. The van der Waals surface area contributed by atoms with E-state index in [4.69, 9.17) is 10.5 Å². The maximum atomic E-state index is 11.5. The summed E-state index contributed by atoms with van der Waals surface area (Å²) in [5.74, 6) is -0.233. The van der Waals surface area contributed by atoms with E-state index in [2.05, 4.69) is 10.3 Å². The molecule has 7 heteroatoms. The van der Waals surface area contributed by atoms with Crippen molar-refractivity contribution in [2.45, 2.75) is 12.5 Å². The molecule has 0 radical (unpaired) electrons. The molecule has 0 aromatic carbocycles. The minimum absolute atomic E-state index is 0. The second-order valence-corrected chi connectivity index (χ2v) is 3.22. The number of carbonyl (C=O) groups is 1. The van der Waals surface area contributed by atoms with Gasteiger partial charge in [0, 0.05) is 19.9 Å². The third-order valence-electron chi connectivity index (χ3n) is 2.05. The predicted octanol–water partition coefficient (Wildman–Crippen LogP) is 0.511. The SMILES string of the molecule is COC(CN)CC(=O)Nc1ncccc1O.Cl. The largest absolute Gasteiger partial charge is 0.504 e. The van der Waals surface area contributed by atoms with Crippen LogP contribution in [0, 0.1) is 0 Å². The van der Waals surface area contributed by atoms with E-state index in [1.165, 1.54) is 19.4 Å². The third-order valence-corrected chi connectivity index (χ3v) is 2.05. The van der Waals surface area contributed by atoms with Crippen molar-refractivity contribution in [3.8, 4) is 5.75 Å². The summed E-state index contributed by atoms with van der Waals surface area (Å²) in [4.78, 5) is 15.3. The third kappa shape index (κ3) is 4.99. The van der Waals surface area contributed by atoms with E-state index in [-0.39, 0.29) is 49.0 Å². The zero-order valence-electron chi connectivity index (χ0n) is 9.42. The summed E-state index contributed by atoms with van der Waals surface area (Å²) in [6.45, 7) is 0.262. The number of ether oxygens (including phenoxy) is 1. The first-order valence-corrected chi connectivity index (χ1v) is 4.84. The fourth-order valence-electron chi connectivity index (χ4n) is 1.15. The molecular weight excluding hydrogens is 246 g/mol. The number of nitrogens with one attached hydrogen (secondary N) is 1. The monoisotopic (exact) mass is 261 g/mol. The van der Waals surface area contributed by atoms with E-state index in [0.717, 1.165) is 0 Å². The first-order chi connectivity index (χ1) is 7.67. The summed E-state index contributed by atoms with van der Waals surface area (Å²) in [5, 5.41) is 11.8. The number of aromatic hydroxyl groups is 1. The molecule has 0 aliphatic heterocycles. The maximum absolute atomic E-state index is 11.5. The van der Waals surface area contributed by atoms with Gasteiger partial charge in [-0.25, -0.2) is 4.98 Å². The Morgan fingerprint density at radius 1 is 1.71 bits per heavy atom. The summed E-state index contributed by atoms with van der Waals surface area (Å²) in [5.41, 5.74) is 5.38. The van der Waals surface area contributed by atoms with Crippen molar-refractivity contribution in [1.82, 2.24) is 4.98 Å².